The molecule has 2 saturated heterocycles. The van der Waals surface area contributed by atoms with Crippen LogP contribution in [0.4, 0.5) is 9.59 Å². The summed E-state index contributed by atoms with van der Waals surface area (Å²) in [4.78, 5) is 71.8. The van der Waals surface area contributed by atoms with Gasteiger partial charge in [-0.15, -0.1) is 0 Å². The predicted octanol–water partition coefficient (Wildman–Crippen LogP) is 6.57. The number of likely N-dealkylation sites (tertiary alicyclic amines) is 2. The number of methoxy groups -OCH3 is 2. The van der Waals surface area contributed by atoms with Gasteiger partial charge in [-0.3, -0.25) is 9.59 Å². The quantitative estimate of drug-likeness (QED) is 0.133. The second kappa shape index (κ2) is 16.2. The van der Waals surface area contributed by atoms with Gasteiger partial charge in [-0.1, -0.05) is 76.2 Å². The van der Waals surface area contributed by atoms with E-state index in [9.17, 15) is 19.2 Å². The van der Waals surface area contributed by atoms with Gasteiger partial charge in [-0.2, -0.15) is 0 Å². The molecule has 2 aromatic carbocycles. The molecule has 4 amide bonds. The second-order valence-corrected chi connectivity index (χ2v) is 15.9. The maximum Gasteiger partial charge on any atom is 0.407 e. The molecule has 298 valence electrons. The largest absolute Gasteiger partial charge is 0.453 e. The van der Waals surface area contributed by atoms with Crippen molar-refractivity contribution in [3.05, 3.63) is 72.6 Å². The maximum atomic E-state index is 13.7. The van der Waals surface area contributed by atoms with E-state index in [4.69, 9.17) is 19.4 Å². The zero-order valence-corrected chi connectivity index (χ0v) is 33.6. The molecular weight excluding hydrogens is 713 g/mol. The summed E-state index contributed by atoms with van der Waals surface area (Å²) in [5.41, 5.74) is 4.23. The zero-order chi connectivity index (χ0) is 40.4. The minimum atomic E-state index is -0.710. The molecule has 4 atom stereocenters. The number of nitrogens with one attached hydrogen (secondary N) is 4. The molecule has 14 heteroatoms. The van der Waals surface area contributed by atoms with Crippen LogP contribution in [-0.4, -0.2) is 93.1 Å². The number of carbonyl (C=O) groups is 4. The van der Waals surface area contributed by atoms with Crippen LogP contribution in [0.5, 0.6) is 0 Å². The molecular formula is C42H54N8O6. The highest BCUT2D eigenvalue weighted by atomic mass is 16.5. The van der Waals surface area contributed by atoms with Gasteiger partial charge in [-0.25, -0.2) is 19.6 Å². The van der Waals surface area contributed by atoms with Crippen LogP contribution in [-0.2, 0) is 30.1 Å². The molecule has 4 heterocycles. The molecule has 56 heavy (non-hydrogen) atoms. The summed E-state index contributed by atoms with van der Waals surface area (Å²) in [6.45, 7) is 12.8. The topological polar surface area (TPSA) is 175 Å². The number of imidazole rings is 2. The number of alkyl carbamates (subject to hydrolysis) is 2. The Morgan fingerprint density at radius 3 is 1.29 bits per heavy atom. The number of benzene rings is 2. The third kappa shape index (κ3) is 7.74. The Balaban J connectivity index is 1.14. The van der Waals surface area contributed by atoms with Crippen LogP contribution in [0.25, 0.3) is 33.6 Å². The lowest BCUT2D eigenvalue weighted by Crippen LogP contribution is -2.55. The molecule has 0 bridgehead atoms. The second-order valence-electron chi connectivity index (χ2n) is 15.9. The molecule has 0 saturated carbocycles. The molecule has 0 radical (unpaired) electrons. The van der Waals surface area contributed by atoms with Crippen molar-refractivity contribution in [3.8, 4) is 33.6 Å². The molecule has 6 rings (SSSR count). The number of aromatic amines is 2. The van der Waals surface area contributed by atoms with Crippen LogP contribution in [0.1, 0.15) is 78.9 Å². The van der Waals surface area contributed by atoms with Crippen LogP contribution >= 0.6 is 0 Å². The Bertz CT molecular complexity index is 1890. The van der Waals surface area contributed by atoms with Gasteiger partial charge in [0.2, 0.25) is 11.8 Å². The van der Waals surface area contributed by atoms with Crippen molar-refractivity contribution in [2.24, 2.45) is 11.8 Å². The molecule has 2 aromatic heterocycles. The number of hydrogen-bond acceptors (Lipinski definition) is 8. The fraction of sp³-hybridized carbons (Fsp3) is 0.476. The van der Waals surface area contributed by atoms with E-state index in [1.165, 1.54) is 14.2 Å². The summed E-state index contributed by atoms with van der Waals surface area (Å²) in [5, 5.41) is 5.42. The Morgan fingerprint density at radius 1 is 0.625 bits per heavy atom. The minimum Gasteiger partial charge on any atom is -0.453 e. The van der Waals surface area contributed by atoms with E-state index in [1.807, 2.05) is 88.0 Å². The van der Waals surface area contributed by atoms with Gasteiger partial charge < -0.3 is 39.9 Å². The van der Waals surface area contributed by atoms with Crippen molar-refractivity contribution < 1.29 is 28.7 Å². The van der Waals surface area contributed by atoms with E-state index in [1.54, 1.807) is 0 Å². The van der Waals surface area contributed by atoms with Gasteiger partial charge in [0.05, 0.1) is 36.7 Å². The smallest absolute Gasteiger partial charge is 0.407 e. The highest BCUT2D eigenvalue weighted by Gasteiger charge is 2.47. The minimum absolute atomic E-state index is 0.121. The van der Waals surface area contributed by atoms with Crippen molar-refractivity contribution in [1.82, 2.24) is 40.4 Å². The van der Waals surface area contributed by atoms with Crippen molar-refractivity contribution in [2.75, 3.05) is 27.3 Å². The molecule has 4 N–H and O–H groups in total. The van der Waals surface area contributed by atoms with Crippen LogP contribution in [0, 0.1) is 11.8 Å². The lowest BCUT2D eigenvalue weighted by atomic mass is 9.95. The Hall–Kier alpha value is -5.66. The molecule has 2 fully saturated rings. The third-order valence-electron chi connectivity index (χ3n) is 11.5. The van der Waals surface area contributed by atoms with Gasteiger partial charge in [0.15, 0.2) is 0 Å². The first-order valence-corrected chi connectivity index (χ1v) is 19.3. The monoisotopic (exact) mass is 766 g/mol. The number of amides is 4. The Kier molecular flexibility index (Phi) is 11.6. The summed E-state index contributed by atoms with van der Waals surface area (Å²) in [6.07, 6.45) is 5.63. The van der Waals surface area contributed by atoms with Gasteiger partial charge in [0, 0.05) is 36.6 Å². The molecule has 14 nitrogen and oxygen atoms in total. The number of nitrogens with zero attached hydrogens (tertiary/aromatic N) is 4. The number of rotatable bonds is 11. The first-order valence-electron chi connectivity index (χ1n) is 19.3. The molecule has 2 aliphatic heterocycles. The summed E-state index contributed by atoms with van der Waals surface area (Å²) in [7, 11) is 2.58. The average molecular weight is 767 g/mol. The highest BCUT2D eigenvalue weighted by molar-refractivity contribution is 5.87. The summed E-state index contributed by atoms with van der Waals surface area (Å²) in [5.74, 6) is 0.862. The predicted molar refractivity (Wildman–Crippen MR) is 212 cm³/mol. The summed E-state index contributed by atoms with van der Waals surface area (Å²) >= 11 is 0. The van der Waals surface area contributed by atoms with Gasteiger partial charge in [0.1, 0.15) is 23.7 Å². The number of ether oxygens (including phenoxy) is 2. The molecule has 2 aliphatic rings. The standard InChI is InChI=1S/C42H54N8O6/c1-25(2)33(47-39(53)55-7)35(51)49-21-9-19-41(49,5)37-43-23-31(45-37)29-15-11-27(12-16-29)28-13-17-30(18-14-28)32-24-44-38(46-32)42(6)20-10-22-50(42)36(52)34(26(3)4)48-40(54)56-8/h11-18,23-26,33-34H,9-10,19-22H2,1-8H3,(H,43,45)(H,44,46)(H,47,53)(H,48,54)/t33-,34-,41-,42-/m0/s1. The van der Waals surface area contributed by atoms with E-state index < -0.39 is 35.3 Å². The summed E-state index contributed by atoms with van der Waals surface area (Å²) < 4.78 is 9.56. The van der Waals surface area contributed by atoms with Crippen LogP contribution in [0.15, 0.2) is 60.9 Å². The van der Waals surface area contributed by atoms with Gasteiger partial charge in [-0.05, 0) is 62.5 Å². The zero-order valence-electron chi connectivity index (χ0n) is 33.6. The van der Waals surface area contributed by atoms with Crippen molar-refractivity contribution in [3.63, 3.8) is 0 Å². The van der Waals surface area contributed by atoms with E-state index in [-0.39, 0.29) is 23.7 Å². The summed E-state index contributed by atoms with van der Waals surface area (Å²) in [6, 6.07) is 15.0. The van der Waals surface area contributed by atoms with E-state index in [0.717, 1.165) is 59.3 Å². The first kappa shape index (κ1) is 40.0. The maximum absolute atomic E-state index is 13.7. The van der Waals surface area contributed by atoms with Crippen LogP contribution in [0.3, 0.4) is 0 Å². The lowest BCUT2D eigenvalue weighted by molar-refractivity contribution is -0.139. The van der Waals surface area contributed by atoms with Crippen molar-refractivity contribution >= 4 is 24.0 Å². The number of H-pyrrole nitrogens is 2. The third-order valence-corrected chi connectivity index (χ3v) is 11.5. The SMILES string of the molecule is COC(=O)N[C@H](C(=O)N1CCC[C@@]1(C)c1nc(-c2ccc(-c3ccc(-c4c[nH]c([C@]5(C)CCCN5C(=O)[C@@H](NC(=O)OC)C(C)C)n4)cc3)cc2)c[nH]1)C(C)C. The van der Waals surface area contributed by atoms with Crippen molar-refractivity contribution in [1.29, 1.82) is 0 Å². The van der Waals surface area contributed by atoms with Crippen LogP contribution < -0.4 is 10.6 Å². The lowest BCUT2D eigenvalue weighted by Gasteiger charge is -2.37. The molecule has 0 aliphatic carbocycles. The Labute approximate surface area is 328 Å². The highest BCUT2D eigenvalue weighted by Crippen LogP contribution is 2.40. The molecule has 0 spiro atoms. The van der Waals surface area contributed by atoms with Gasteiger partial charge >= 0.3 is 12.2 Å². The fourth-order valence-corrected chi connectivity index (χ4v) is 8.02. The number of aromatic nitrogens is 4. The number of hydrogen-bond donors (Lipinski definition) is 4. The van der Waals surface area contributed by atoms with E-state index in [2.05, 4.69) is 44.9 Å². The molecule has 4 aromatic rings. The Morgan fingerprint density at radius 2 is 0.964 bits per heavy atom. The van der Waals surface area contributed by atoms with Crippen LogP contribution in [0.2, 0.25) is 0 Å². The van der Waals surface area contributed by atoms with E-state index in [0.29, 0.717) is 24.7 Å². The fourth-order valence-electron chi connectivity index (χ4n) is 8.02. The molecule has 0 unspecified atom stereocenters. The average Bonchev–Trinajstić information content (AvgIpc) is 4.02. The van der Waals surface area contributed by atoms with Crippen molar-refractivity contribution in [2.45, 2.75) is 90.4 Å². The van der Waals surface area contributed by atoms with E-state index >= 15 is 0 Å². The number of carbonyl (C=O) groups excluding carboxylic acids is 4. The first-order chi connectivity index (χ1) is 26.7. The van der Waals surface area contributed by atoms with Gasteiger partial charge in [0.25, 0.3) is 0 Å². The normalized spacial score (nSPS) is 20.6.